The standard InChI is InChI=1S/C19H25N3O/c1-21(19(15-20)10-6-11-19)18(23)17-9-5-12-22(14-17)13-16-7-3-2-4-8-16/h2-4,7-8,17H,5-6,9-14H2,1H3/t17-/m0/s1. The molecule has 1 amide bonds. The number of nitrogens with zero attached hydrogens (tertiary/aromatic N) is 3. The van der Waals surface area contributed by atoms with E-state index < -0.39 is 5.54 Å². The lowest BCUT2D eigenvalue weighted by Crippen LogP contribution is -2.56. The van der Waals surface area contributed by atoms with Crippen molar-refractivity contribution in [1.29, 1.82) is 5.26 Å². The average Bonchev–Trinajstić information content (AvgIpc) is 2.55. The number of likely N-dealkylation sites (tertiary alicyclic amines) is 1. The molecule has 2 aliphatic rings. The highest BCUT2D eigenvalue weighted by molar-refractivity contribution is 5.80. The molecule has 1 heterocycles. The highest BCUT2D eigenvalue weighted by Crippen LogP contribution is 2.37. The Hall–Kier alpha value is -1.86. The van der Waals surface area contributed by atoms with Crippen molar-refractivity contribution in [3.05, 3.63) is 35.9 Å². The number of carbonyl (C=O) groups excluding carboxylic acids is 1. The van der Waals surface area contributed by atoms with Gasteiger partial charge < -0.3 is 4.90 Å². The summed E-state index contributed by atoms with van der Waals surface area (Å²) in [5.74, 6) is 0.187. The van der Waals surface area contributed by atoms with E-state index in [0.29, 0.717) is 0 Å². The summed E-state index contributed by atoms with van der Waals surface area (Å²) in [5, 5.41) is 9.45. The third-order valence-corrected chi connectivity index (χ3v) is 5.47. The number of rotatable bonds is 4. The molecule has 0 N–H and O–H groups in total. The summed E-state index contributed by atoms with van der Waals surface area (Å²) in [7, 11) is 1.82. The first-order chi connectivity index (χ1) is 11.1. The molecule has 1 saturated heterocycles. The lowest BCUT2D eigenvalue weighted by molar-refractivity contribution is -0.142. The van der Waals surface area contributed by atoms with Crippen LogP contribution >= 0.6 is 0 Å². The molecule has 0 radical (unpaired) electrons. The van der Waals surface area contributed by atoms with Crippen LogP contribution in [0.1, 0.15) is 37.7 Å². The van der Waals surface area contributed by atoms with Crippen LogP contribution < -0.4 is 0 Å². The number of nitriles is 1. The van der Waals surface area contributed by atoms with Crippen molar-refractivity contribution in [3.8, 4) is 6.07 Å². The zero-order valence-corrected chi connectivity index (χ0v) is 13.9. The molecule has 4 nitrogen and oxygen atoms in total. The fourth-order valence-corrected chi connectivity index (χ4v) is 3.76. The number of benzene rings is 1. The van der Waals surface area contributed by atoms with Crippen molar-refractivity contribution in [1.82, 2.24) is 9.80 Å². The normalized spacial score (nSPS) is 23.6. The molecule has 23 heavy (non-hydrogen) atoms. The largest absolute Gasteiger partial charge is 0.327 e. The van der Waals surface area contributed by atoms with Crippen LogP contribution in [0.25, 0.3) is 0 Å². The van der Waals surface area contributed by atoms with Crippen LogP contribution in [0.5, 0.6) is 0 Å². The van der Waals surface area contributed by atoms with E-state index in [1.807, 2.05) is 13.1 Å². The lowest BCUT2D eigenvalue weighted by Gasteiger charge is -2.45. The highest BCUT2D eigenvalue weighted by Gasteiger charge is 2.45. The Kier molecular flexibility index (Phi) is 4.68. The fourth-order valence-electron chi connectivity index (χ4n) is 3.76. The van der Waals surface area contributed by atoms with E-state index in [1.54, 1.807) is 4.90 Å². The van der Waals surface area contributed by atoms with Gasteiger partial charge in [0.05, 0.1) is 12.0 Å². The molecule has 2 fully saturated rings. The predicted molar refractivity (Wildman–Crippen MR) is 89.4 cm³/mol. The smallest absolute Gasteiger partial charge is 0.228 e. The second-order valence-corrected chi connectivity index (χ2v) is 6.95. The molecule has 1 aromatic carbocycles. The molecule has 0 spiro atoms. The summed E-state index contributed by atoms with van der Waals surface area (Å²) in [6.45, 7) is 2.75. The first-order valence-electron chi connectivity index (χ1n) is 8.60. The maximum Gasteiger partial charge on any atom is 0.228 e. The molecule has 4 heteroatoms. The van der Waals surface area contributed by atoms with Gasteiger partial charge in [0.15, 0.2) is 0 Å². The van der Waals surface area contributed by atoms with Gasteiger partial charge in [-0.2, -0.15) is 5.26 Å². The number of amides is 1. The van der Waals surface area contributed by atoms with E-state index in [9.17, 15) is 10.1 Å². The van der Waals surface area contributed by atoms with Gasteiger partial charge in [0.1, 0.15) is 5.54 Å². The van der Waals surface area contributed by atoms with Crippen LogP contribution in [-0.4, -0.2) is 41.4 Å². The number of hydrogen-bond acceptors (Lipinski definition) is 3. The average molecular weight is 311 g/mol. The fraction of sp³-hybridized carbons (Fsp3) is 0.579. The van der Waals surface area contributed by atoms with E-state index in [1.165, 1.54) is 5.56 Å². The maximum absolute atomic E-state index is 12.8. The Morgan fingerprint density at radius 3 is 2.70 bits per heavy atom. The summed E-state index contributed by atoms with van der Waals surface area (Å²) in [6, 6.07) is 12.8. The van der Waals surface area contributed by atoms with Crippen molar-refractivity contribution in [2.75, 3.05) is 20.1 Å². The van der Waals surface area contributed by atoms with Gasteiger partial charge in [-0.3, -0.25) is 9.69 Å². The summed E-state index contributed by atoms with van der Waals surface area (Å²) in [4.78, 5) is 17.0. The zero-order chi connectivity index (χ0) is 16.3. The molecule has 0 bridgehead atoms. The Bertz CT molecular complexity index is 588. The SMILES string of the molecule is CN(C(=O)[C@H]1CCCN(Cc2ccccc2)C1)C1(C#N)CCC1. The highest BCUT2D eigenvalue weighted by atomic mass is 16.2. The van der Waals surface area contributed by atoms with Gasteiger partial charge in [0.2, 0.25) is 5.91 Å². The third kappa shape index (κ3) is 3.25. The van der Waals surface area contributed by atoms with Gasteiger partial charge in [0.25, 0.3) is 0 Å². The van der Waals surface area contributed by atoms with Gasteiger partial charge in [0, 0.05) is 20.1 Å². The summed E-state index contributed by atoms with van der Waals surface area (Å²) >= 11 is 0. The molecule has 1 aliphatic heterocycles. The quantitative estimate of drug-likeness (QED) is 0.859. The summed E-state index contributed by atoms with van der Waals surface area (Å²) < 4.78 is 0. The van der Waals surface area contributed by atoms with Crippen LogP contribution in [0, 0.1) is 17.2 Å². The van der Waals surface area contributed by atoms with Crippen LogP contribution in [0.15, 0.2) is 30.3 Å². The zero-order valence-electron chi connectivity index (χ0n) is 13.9. The Labute approximate surface area is 138 Å². The minimum atomic E-state index is -0.529. The number of hydrogen-bond donors (Lipinski definition) is 0. The third-order valence-electron chi connectivity index (χ3n) is 5.47. The van der Waals surface area contributed by atoms with Crippen LogP contribution in [0.3, 0.4) is 0 Å². The first kappa shape index (κ1) is 16.0. The van der Waals surface area contributed by atoms with E-state index in [4.69, 9.17) is 0 Å². The Morgan fingerprint density at radius 2 is 2.09 bits per heavy atom. The van der Waals surface area contributed by atoms with Gasteiger partial charge in [-0.1, -0.05) is 30.3 Å². The predicted octanol–water partition coefficient (Wildman–Crippen LogP) is 2.80. The molecule has 0 unspecified atom stereocenters. The van der Waals surface area contributed by atoms with Crippen LogP contribution in [0.4, 0.5) is 0 Å². The van der Waals surface area contributed by atoms with Gasteiger partial charge in [-0.25, -0.2) is 0 Å². The van der Waals surface area contributed by atoms with Gasteiger partial charge in [-0.05, 0) is 44.2 Å². The summed E-state index contributed by atoms with van der Waals surface area (Å²) in [5.41, 5.74) is 0.764. The molecule has 1 saturated carbocycles. The van der Waals surface area contributed by atoms with E-state index >= 15 is 0 Å². The van der Waals surface area contributed by atoms with Crippen molar-refractivity contribution in [2.24, 2.45) is 5.92 Å². The second-order valence-electron chi connectivity index (χ2n) is 6.95. The first-order valence-corrected chi connectivity index (χ1v) is 8.60. The minimum Gasteiger partial charge on any atom is -0.327 e. The Balaban J connectivity index is 1.62. The molecule has 122 valence electrons. The molecule has 1 atom stereocenters. The van der Waals surface area contributed by atoms with Crippen molar-refractivity contribution < 1.29 is 4.79 Å². The monoisotopic (exact) mass is 311 g/mol. The maximum atomic E-state index is 12.8. The van der Waals surface area contributed by atoms with Gasteiger partial charge >= 0.3 is 0 Å². The van der Waals surface area contributed by atoms with Crippen molar-refractivity contribution in [3.63, 3.8) is 0 Å². The van der Waals surface area contributed by atoms with E-state index in [0.717, 1.165) is 51.7 Å². The molecular formula is C19H25N3O. The molecule has 3 rings (SSSR count). The minimum absolute atomic E-state index is 0.0308. The van der Waals surface area contributed by atoms with E-state index in [-0.39, 0.29) is 11.8 Å². The number of carbonyl (C=O) groups is 1. The van der Waals surface area contributed by atoms with E-state index in [2.05, 4.69) is 35.2 Å². The van der Waals surface area contributed by atoms with Gasteiger partial charge in [-0.15, -0.1) is 0 Å². The Morgan fingerprint density at radius 1 is 1.35 bits per heavy atom. The summed E-state index contributed by atoms with van der Waals surface area (Å²) in [6.07, 6.45) is 4.70. The molecule has 1 aromatic rings. The molecular weight excluding hydrogens is 286 g/mol. The molecule has 1 aliphatic carbocycles. The van der Waals surface area contributed by atoms with Crippen LogP contribution in [-0.2, 0) is 11.3 Å². The topological polar surface area (TPSA) is 47.3 Å². The second kappa shape index (κ2) is 6.72. The van der Waals surface area contributed by atoms with Crippen molar-refractivity contribution in [2.45, 2.75) is 44.2 Å². The molecule has 0 aromatic heterocycles. The van der Waals surface area contributed by atoms with Crippen molar-refractivity contribution >= 4 is 5.91 Å². The van der Waals surface area contributed by atoms with Crippen LogP contribution in [0.2, 0.25) is 0 Å². The number of piperidine rings is 1. The lowest BCUT2D eigenvalue weighted by atomic mass is 9.76.